The lowest BCUT2D eigenvalue weighted by Gasteiger charge is -2.05. The number of hydrogen-bond acceptors (Lipinski definition) is 3. The molecule has 0 atom stereocenters. The maximum Gasteiger partial charge on any atom is 0.188 e. The van der Waals surface area contributed by atoms with E-state index in [0.717, 1.165) is 0 Å². The second kappa shape index (κ2) is 6.98. The maximum atomic E-state index is 13.5. The van der Waals surface area contributed by atoms with Crippen LogP contribution in [0.25, 0.3) is 6.08 Å². The first kappa shape index (κ1) is 12.7. The number of halogens is 1. The maximum absolute atomic E-state index is 13.5. The number of benzene rings is 1. The lowest BCUT2D eigenvalue weighted by atomic mass is 10.2. The highest BCUT2D eigenvalue weighted by Gasteiger charge is 2.01. The molecule has 0 aromatic heterocycles. The van der Waals surface area contributed by atoms with Gasteiger partial charge in [-0.15, -0.1) is 0 Å². The number of ether oxygens (including phenoxy) is 2. The van der Waals surface area contributed by atoms with E-state index in [0.29, 0.717) is 17.7 Å². The van der Waals surface area contributed by atoms with Crippen LogP contribution in [0.2, 0.25) is 0 Å². The molecule has 4 heteroatoms. The second-order valence-electron chi connectivity index (χ2n) is 3.15. The van der Waals surface area contributed by atoms with Crippen molar-refractivity contribution in [3.8, 4) is 5.75 Å². The van der Waals surface area contributed by atoms with Crippen LogP contribution in [-0.4, -0.2) is 25.6 Å². The van der Waals surface area contributed by atoms with Crippen molar-refractivity contribution in [2.24, 2.45) is 0 Å². The summed E-state index contributed by atoms with van der Waals surface area (Å²) < 4.78 is 23.3. The molecule has 0 unspecified atom stereocenters. The average molecular weight is 226 g/mol. The highest BCUT2D eigenvalue weighted by atomic mass is 19.1. The standard InChI is InChI=1S/C12H15FO3/c1-15-9-16-11-6-5-10(12(13)8-11)4-2-3-7-14/h2,4-6,8,14H,3,7,9H2,1H3. The van der Waals surface area contributed by atoms with Crippen LogP contribution in [0.15, 0.2) is 24.3 Å². The van der Waals surface area contributed by atoms with E-state index in [-0.39, 0.29) is 19.2 Å². The summed E-state index contributed by atoms with van der Waals surface area (Å²) in [5.74, 6) is 0.0708. The zero-order chi connectivity index (χ0) is 11.8. The van der Waals surface area contributed by atoms with Gasteiger partial charge in [-0.25, -0.2) is 4.39 Å². The molecule has 88 valence electrons. The van der Waals surface area contributed by atoms with Gasteiger partial charge in [0.05, 0.1) is 0 Å². The van der Waals surface area contributed by atoms with Crippen LogP contribution < -0.4 is 4.74 Å². The van der Waals surface area contributed by atoms with Gasteiger partial charge in [-0.1, -0.05) is 12.2 Å². The SMILES string of the molecule is COCOc1ccc(C=CCCO)c(F)c1. The molecule has 1 aromatic carbocycles. The molecule has 0 heterocycles. The molecule has 1 rings (SSSR count). The van der Waals surface area contributed by atoms with E-state index < -0.39 is 0 Å². The van der Waals surface area contributed by atoms with Gasteiger partial charge in [0, 0.05) is 25.3 Å². The fraction of sp³-hybridized carbons (Fsp3) is 0.333. The van der Waals surface area contributed by atoms with Crippen molar-refractivity contribution in [1.29, 1.82) is 0 Å². The van der Waals surface area contributed by atoms with Crippen LogP contribution in [0.4, 0.5) is 4.39 Å². The number of rotatable bonds is 6. The lowest BCUT2D eigenvalue weighted by molar-refractivity contribution is 0.0509. The molecule has 0 aliphatic rings. The fourth-order valence-electron chi connectivity index (χ4n) is 1.14. The molecule has 0 amide bonds. The Kier molecular flexibility index (Phi) is 5.53. The summed E-state index contributed by atoms with van der Waals surface area (Å²) in [5.41, 5.74) is 0.471. The van der Waals surface area contributed by atoms with Crippen molar-refractivity contribution < 1.29 is 19.0 Å². The highest BCUT2D eigenvalue weighted by molar-refractivity contribution is 5.51. The normalized spacial score (nSPS) is 10.9. The second-order valence-corrected chi connectivity index (χ2v) is 3.15. The minimum absolute atomic E-state index is 0.0627. The van der Waals surface area contributed by atoms with E-state index in [1.807, 2.05) is 0 Å². The molecule has 0 aliphatic carbocycles. The molecule has 0 saturated carbocycles. The molecule has 0 spiro atoms. The third kappa shape index (κ3) is 4.00. The molecule has 16 heavy (non-hydrogen) atoms. The smallest absolute Gasteiger partial charge is 0.188 e. The number of hydrogen-bond donors (Lipinski definition) is 1. The van der Waals surface area contributed by atoms with Gasteiger partial charge >= 0.3 is 0 Å². The van der Waals surface area contributed by atoms with Gasteiger partial charge in [-0.05, 0) is 18.6 Å². The van der Waals surface area contributed by atoms with Crippen LogP contribution >= 0.6 is 0 Å². The van der Waals surface area contributed by atoms with E-state index >= 15 is 0 Å². The van der Waals surface area contributed by atoms with Crippen molar-refractivity contribution >= 4 is 6.08 Å². The van der Waals surface area contributed by atoms with Gasteiger partial charge in [0.15, 0.2) is 6.79 Å². The third-order valence-electron chi connectivity index (χ3n) is 1.91. The van der Waals surface area contributed by atoms with Gasteiger partial charge < -0.3 is 14.6 Å². The van der Waals surface area contributed by atoms with Gasteiger partial charge in [0.25, 0.3) is 0 Å². The molecule has 1 N–H and O–H groups in total. The van der Waals surface area contributed by atoms with Gasteiger partial charge in [0.1, 0.15) is 11.6 Å². The first-order chi connectivity index (χ1) is 7.77. The fourth-order valence-corrected chi connectivity index (χ4v) is 1.14. The summed E-state index contributed by atoms with van der Waals surface area (Å²) in [6.45, 7) is 0.159. The van der Waals surface area contributed by atoms with Gasteiger partial charge in [-0.3, -0.25) is 0 Å². The van der Waals surface area contributed by atoms with Gasteiger partial charge in [0.2, 0.25) is 0 Å². The first-order valence-corrected chi connectivity index (χ1v) is 4.96. The van der Waals surface area contributed by atoms with Crippen LogP contribution in [-0.2, 0) is 4.74 Å². The summed E-state index contributed by atoms with van der Waals surface area (Å²) in [4.78, 5) is 0. The Hall–Kier alpha value is -1.39. The number of methoxy groups -OCH3 is 1. The van der Waals surface area contributed by atoms with Crippen molar-refractivity contribution in [2.75, 3.05) is 20.5 Å². The largest absolute Gasteiger partial charge is 0.467 e. The monoisotopic (exact) mass is 226 g/mol. The van der Waals surface area contributed by atoms with E-state index in [9.17, 15) is 4.39 Å². The Morgan fingerprint density at radius 2 is 2.25 bits per heavy atom. The molecule has 0 aliphatic heterocycles. The summed E-state index contributed by atoms with van der Waals surface area (Å²) in [6.07, 6.45) is 3.86. The molecule has 0 bridgehead atoms. The average Bonchev–Trinajstić information content (AvgIpc) is 2.29. The molecular formula is C12H15FO3. The third-order valence-corrected chi connectivity index (χ3v) is 1.91. The molecule has 0 saturated heterocycles. The topological polar surface area (TPSA) is 38.7 Å². The number of aliphatic hydroxyl groups excluding tert-OH is 1. The molecular weight excluding hydrogens is 211 g/mol. The first-order valence-electron chi connectivity index (χ1n) is 4.96. The van der Waals surface area contributed by atoms with E-state index in [1.54, 1.807) is 24.3 Å². The van der Waals surface area contributed by atoms with Crippen molar-refractivity contribution in [1.82, 2.24) is 0 Å². The summed E-state index contributed by atoms with van der Waals surface area (Å²) in [6, 6.07) is 4.59. The summed E-state index contributed by atoms with van der Waals surface area (Å²) in [5, 5.41) is 8.58. The van der Waals surface area contributed by atoms with Gasteiger partial charge in [-0.2, -0.15) is 0 Å². The Morgan fingerprint density at radius 3 is 2.88 bits per heavy atom. The predicted molar refractivity (Wildman–Crippen MR) is 59.6 cm³/mol. The van der Waals surface area contributed by atoms with E-state index in [1.165, 1.54) is 13.2 Å². The van der Waals surface area contributed by atoms with Crippen LogP contribution in [0.1, 0.15) is 12.0 Å². The highest BCUT2D eigenvalue weighted by Crippen LogP contribution is 2.17. The Balaban J connectivity index is 2.67. The number of aliphatic hydroxyl groups is 1. The Labute approximate surface area is 94.1 Å². The zero-order valence-electron chi connectivity index (χ0n) is 9.15. The quantitative estimate of drug-likeness (QED) is 0.756. The Morgan fingerprint density at radius 1 is 1.44 bits per heavy atom. The van der Waals surface area contributed by atoms with E-state index in [2.05, 4.69) is 0 Å². The van der Waals surface area contributed by atoms with Crippen molar-refractivity contribution in [3.63, 3.8) is 0 Å². The minimum Gasteiger partial charge on any atom is -0.467 e. The molecule has 0 radical (unpaired) electrons. The summed E-state index contributed by atoms with van der Waals surface area (Å²) in [7, 11) is 1.50. The van der Waals surface area contributed by atoms with Crippen molar-refractivity contribution in [2.45, 2.75) is 6.42 Å². The predicted octanol–water partition coefficient (Wildman–Crippen LogP) is 2.20. The summed E-state index contributed by atoms with van der Waals surface area (Å²) >= 11 is 0. The minimum atomic E-state index is -0.359. The van der Waals surface area contributed by atoms with E-state index in [4.69, 9.17) is 14.6 Å². The van der Waals surface area contributed by atoms with Crippen LogP contribution in [0.5, 0.6) is 5.75 Å². The molecule has 3 nitrogen and oxygen atoms in total. The Bertz CT molecular complexity index is 350. The van der Waals surface area contributed by atoms with Crippen LogP contribution in [0, 0.1) is 5.82 Å². The molecule has 0 fully saturated rings. The van der Waals surface area contributed by atoms with Crippen LogP contribution in [0.3, 0.4) is 0 Å². The van der Waals surface area contributed by atoms with Crippen molar-refractivity contribution in [3.05, 3.63) is 35.7 Å². The molecule has 1 aromatic rings. The zero-order valence-corrected chi connectivity index (χ0v) is 9.15. The lowest BCUT2D eigenvalue weighted by Crippen LogP contribution is -1.99.